The van der Waals surface area contributed by atoms with E-state index in [1.165, 1.54) is 35.0 Å². The number of anilines is 2. The number of unbranched alkanes of at least 4 members (excludes halogenated alkanes) is 3. The zero-order valence-electron chi connectivity index (χ0n) is 19.3. The second kappa shape index (κ2) is 12.0. The molecular weight excluding hydrogens is 441 g/mol. The van der Waals surface area contributed by atoms with Gasteiger partial charge in [0.25, 0.3) is 0 Å². The van der Waals surface area contributed by atoms with Crippen molar-refractivity contribution in [3.8, 4) is 5.75 Å². The topological polar surface area (TPSA) is 61.9 Å². The Morgan fingerprint density at radius 1 is 1.18 bits per heavy atom. The Balaban J connectivity index is 1.52. The molecule has 1 aliphatic heterocycles. The molecule has 0 spiro atoms. The van der Waals surface area contributed by atoms with Crippen molar-refractivity contribution < 1.29 is 17.5 Å². The second-order valence-corrected chi connectivity index (χ2v) is 9.99. The minimum Gasteiger partial charge on any atom is -0.494 e. The second-order valence-electron chi connectivity index (χ2n) is 8.40. The van der Waals surface area contributed by atoms with Crippen LogP contribution in [0, 0.1) is 5.82 Å². The van der Waals surface area contributed by atoms with Crippen LogP contribution in [0.1, 0.15) is 37.7 Å². The summed E-state index contributed by atoms with van der Waals surface area (Å²) in [7, 11) is -1.75. The lowest BCUT2D eigenvalue weighted by molar-refractivity contribution is 0.300. The van der Waals surface area contributed by atoms with Gasteiger partial charge in [-0.15, -0.1) is 6.58 Å². The van der Waals surface area contributed by atoms with Crippen LogP contribution in [0.4, 0.5) is 15.8 Å². The molecule has 0 aliphatic carbocycles. The molecule has 0 saturated carbocycles. The maximum atomic E-state index is 13.4. The third kappa shape index (κ3) is 7.47. The molecule has 180 valence electrons. The summed E-state index contributed by atoms with van der Waals surface area (Å²) in [5.41, 5.74) is 1.78. The van der Waals surface area contributed by atoms with Crippen LogP contribution in [0.5, 0.6) is 5.75 Å². The Bertz CT molecular complexity index is 1030. The fourth-order valence-corrected chi connectivity index (χ4v) is 5.31. The summed E-state index contributed by atoms with van der Waals surface area (Å²) in [6.45, 7) is 6.76. The maximum absolute atomic E-state index is 13.4. The van der Waals surface area contributed by atoms with Gasteiger partial charge in [0.15, 0.2) is 0 Å². The molecule has 0 aromatic heterocycles. The first-order valence-corrected chi connectivity index (χ1v) is 12.9. The van der Waals surface area contributed by atoms with E-state index in [0.29, 0.717) is 25.3 Å². The number of likely N-dealkylation sites (N-methyl/N-ethyl adjacent to an activating group) is 1. The first kappa shape index (κ1) is 25.1. The number of ether oxygens (including phenoxy) is 1. The molecule has 3 rings (SSSR count). The first-order valence-electron chi connectivity index (χ1n) is 11.5. The van der Waals surface area contributed by atoms with Crippen LogP contribution >= 0.6 is 0 Å². The van der Waals surface area contributed by atoms with Gasteiger partial charge in [-0.2, -0.15) is 8.42 Å². The van der Waals surface area contributed by atoms with Crippen molar-refractivity contribution in [3.63, 3.8) is 0 Å². The average molecular weight is 476 g/mol. The van der Waals surface area contributed by atoms with Crippen molar-refractivity contribution in [2.45, 2.75) is 38.5 Å². The van der Waals surface area contributed by atoms with Crippen LogP contribution < -0.4 is 13.8 Å². The summed E-state index contributed by atoms with van der Waals surface area (Å²) in [5, 5.41) is 0. The van der Waals surface area contributed by atoms with E-state index in [0.717, 1.165) is 50.1 Å². The third-order valence-electron chi connectivity index (χ3n) is 5.63. The van der Waals surface area contributed by atoms with Crippen molar-refractivity contribution in [3.05, 3.63) is 66.5 Å². The number of hydrogen-bond donors (Lipinski definition) is 1. The average Bonchev–Trinajstić information content (AvgIpc) is 2.77. The van der Waals surface area contributed by atoms with Gasteiger partial charge in [-0.1, -0.05) is 25.0 Å². The number of halogens is 1. The zero-order chi connectivity index (χ0) is 23.7. The van der Waals surface area contributed by atoms with Gasteiger partial charge < -0.3 is 9.64 Å². The normalized spacial score (nSPS) is 13.6. The Morgan fingerprint density at radius 3 is 2.79 bits per heavy atom. The van der Waals surface area contributed by atoms with Gasteiger partial charge in [0, 0.05) is 13.1 Å². The summed E-state index contributed by atoms with van der Waals surface area (Å²) < 4.78 is 49.1. The van der Waals surface area contributed by atoms with Crippen molar-refractivity contribution in [2.75, 3.05) is 42.3 Å². The molecule has 0 bridgehead atoms. The summed E-state index contributed by atoms with van der Waals surface area (Å²) in [6.07, 6.45) is 7.85. The Kier molecular flexibility index (Phi) is 9.14. The lowest BCUT2D eigenvalue weighted by Crippen LogP contribution is -2.39. The molecule has 2 aromatic rings. The molecule has 0 saturated heterocycles. The molecule has 33 heavy (non-hydrogen) atoms. The number of fused-ring (bicyclic) bond motifs is 1. The number of hydrogen-bond acceptors (Lipinski definition) is 4. The van der Waals surface area contributed by atoms with E-state index in [9.17, 15) is 12.8 Å². The summed E-state index contributed by atoms with van der Waals surface area (Å²) in [5.74, 6) is 0.271. The van der Waals surface area contributed by atoms with Crippen LogP contribution in [0.2, 0.25) is 0 Å². The monoisotopic (exact) mass is 475 g/mol. The summed E-state index contributed by atoms with van der Waals surface area (Å²) in [6, 6.07) is 11.0. The van der Waals surface area contributed by atoms with Gasteiger partial charge in [0.05, 0.1) is 18.0 Å². The maximum Gasteiger partial charge on any atom is 0.323 e. The molecule has 2 aromatic carbocycles. The van der Waals surface area contributed by atoms with E-state index >= 15 is 0 Å². The third-order valence-corrected chi connectivity index (χ3v) is 7.09. The minimum absolute atomic E-state index is 0.203. The molecule has 1 aliphatic rings. The smallest absolute Gasteiger partial charge is 0.323 e. The SMILES string of the molecule is C=CCN(C)CCCCCCOc1ccc2c(c1)CCCN2S(=O)(=O)Nc1cccc(F)c1. The van der Waals surface area contributed by atoms with E-state index < -0.39 is 16.0 Å². The van der Waals surface area contributed by atoms with Crippen LogP contribution in [0.15, 0.2) is 55.1 Å². The molecule has 0 unspecified atom stereocenters. The van der Waals surface area contributed by atoms with Crippen LogP contribution in [0.3, 0.4) is 0 Å². The molecule has 0 radical (unpaired) electrons. The van der Waals surface area contributed by atoms with Gasteiger partial charge in [-0.05, 0) is 81.2 Å². The van der Waals surface area contributed by atoms with E-state index in [4.69, 9.17) is 4.74 Å². The zero-order valence-corrected chi connectivity index (χ0v) is 20.1. The van der Waals surface area contributed by atoms with Gasteiger partial charge in [-0.25, -0.2) is 4.39 Å². The first-order chi connectivity index (χ1) is 15.9. The molecule has 0 amide bonds. The Labute approximate surface area is 197 Å². The van der Waals surface area contributed by atoms with Crippen molar-refractivity contribution in [2.24, 2.45) is 0 Å². The largest absolute Gasteiger partial charge is 0.494 e. The molecule has 0 fully saturated rings. The van der Waals surface area contributed by atoms with Gasteiger partial charge in [0.2, 0.25) is 0 Å². The lowest BCUT2D eigenvalue weighted by Gasteiger charge is -2.31. The summed E-state index contributed by atoms with van der Waals surface area (Å²) >= 11 is 0. The molecule has 1 heterocycles. The lowest BCUT2D eigenvalue weighted by atomic mass is 10.0. The minimum atomic E-state index is -3.85. The van der Waals surface area contributed by atoms with Gasteiger partial charge >= 0.3 is 10.2 Å². The molecule has 0 atom stereocenters. The van der Waals surface area contributed by atoms with E-state index in [2.05, 4.69) is 23.2 Å². The van der Waals surface area contributed by atoms with E-state index in [-0.39, 0.29) is 5.69 Å². The predicted molar refractivity (Wildman–Crippen MR) is 133 cm³/mol. The predicted octanol–water partition coefficient (Wildman–Crippen LogP) is 4.99. The number of nitrogens with one attached hydrogen (secondary N) is 1. The van der Waals surface area contributed by atoms with Crippen molar-refractivity contribution in [1.82, 2.24) is 4.90 Å². The fraction of sp³-hybridized carbons (Fsp3) is 0.440. The summed E-state index contributed by atoms with van der Waals surface area (Å²) in [4.78, 5) is 2.26. The molecular formula is C25H34FN3O3S. The quantitative estimate of drug-likeness (QED) is 0.327. The Morgan fingerprint density at radius 2 is 2.00 bits per heavy atom. The fourth-order valence-electron chi connectivity index (χ4n) is 3.97. The van der Waals surface area contributed by atoms with E-state index in [1.54, 1.807) is 6.07 Å². The highest BCUT2D eigenvalue weighted by atomic mass is 32.2. The molecule has 1 N–H and O–H groups in total. The highest BCUT2D eigenvalue weighted by Crippen LogP contribution is 2.33. The van der Waals surface area contributed by atoms with Crippen LogP contribution in [0.25, 0.3) is 0 Å². The van der Waals surface area contributed by atoms with Crippen molar-refractivity contribution in [1.29, 1.82) is 0 Å². The standard InChI is InChI=1S/C25H34FN3O3S/c1-3-15-28(2)16-6-4-5-7-18-32-24-13-14-25-21(19-24)10-9-17-29(25)33(30,31)27-23-12-8-11-22(26)20-23/h3,8,11-14,19-20,27H,1,4-7,9-10,15-18H2,2H3. The van der Waals surface area contributed by atoms with Gasteiger partial charge in [0.1, 0.15) is 11.6 Å². The number of benzene rings is 2. The van der Waals surface area contributed by atoms with E-state index in [1.807, 2.05) is 18.2 Å². The highest BCUT2D eigenvalue weighted by molar-refractivity contribution is 7.94. The van der Waals surface area contributed by atoms with Crippen LogP contribution in [-0.4, -0.2) is 46.6 Å². The molecule has 8 heteroatoms. The number of rotatable bonds is 13. The van der Waals surface area contributed by atoms with Crippen molar-refractivity contribution >= 4 is 21.6 Å². The van der Waals surface area contributed by atoms with Gasteiger partial charge in [-0.3, -0.25) is 9.03 Å². The Hall–Kier alpha value is -2.58. The highest BCUT2D eigenvalue weighted by Gasteiger charge is 2.28. The number of nitrogens with zero attached hydrogens (tertiary/aromatic N) is 2. The van der Waals surface area contributed by atoms with Crippen LogP contribution in [-0.2, 0) is 16.6 Å². The molecule has 6 nitrogen and oxygen atoms in total. The number of aryl methyl sites for hydroxylation is 1.